The van der Waals surface area contributed by atoms with E-state index in [0.29, 0.717) is 10.9 Å². The second kappa shape index (κ2) is 8.97. The number of aromatic nitrogens is 3. The summed E-state index contributed by atoms with van der Waals surface area (Å²) in [5, 5.41) is 13.8. The van der Waals surface area contributed by atoms with Gasteiger partial charge in [0.05, 0.1) is 6.61 Å². The van der Waals surface area contributed by atoms with E-state index in [0.717, 1.165) is 0 Å². The van der Waals surface area contributed by atoms with E-state index in [2.05, 4.69) is 18.2 Å². The molecule has 17 nitrogen and oxygen atoms in total. The van der Waals surface area contributed by atoms with E-state index < -0.39 is 64.6 Å². The lowest BCUT2D eigenvalue weighted by Gasteiger charge is -2.24. The van der Waals surface area contributed by atoms with Crippen molar-refractivity contribution in [1.29, 1.82) is 0 Å². The van der Waals surface area contributed by atoms with E-state index in [1.165, 1.54) is 0 Å². The van der Waals surface area contributed by atoms with Crippen molar-refractivity contribution in [2.24, 2.45) is 0 Å². The maximum Gasteiger partial charge on any atom is 0.490 e. The van der Waals surface area contributed by atoms with Crippen molar-refractivity contribution in [3.05, 3.63) is 27.0 Å². The third kappa shape index (κ3) is 6.41. The maximum atomic E-state index is 11.9. The first-order valence-corrected chi connectivity index (χ1v) is 12.4. The van der Waals surface area contributed by atoms with Gasteiger partial charge < -0.3 is 29.4 Å². The quantitative estimate of drug-likeness (QED) is 0.123. The average molecular weight is 528 g/mol. The minimum absolute atomic E-state index is 0.475. The zero-order chi connectivity index (χ0) is 23.8. The number of terminal acetylenes is 1. The number of hydrogen-bond acceptors (Lipinski definition) is 11. The Kier molecular flexibility index (Phi) is 7.54. The molecule has 21 heteroatoms. The van der Waals surface area contributed by atoms with Gasteiger partial charge in [-0.25, -0.2) is 18.5 Å². The molecule has 31 heavy (non-hydrogen) atoms. The van der Waals surface area contributed by atoms with Gasteiger partial charge in [0.25, 0.3) is 5.56 Å². The SMILES string of the molecule is C#CC1(Cl)[C@@H](O)[C@@H](COP(=O)(O)OP(=O)(O)OP(=O)(O)O)O[C@H]1n1ncc(=O)[nH]c1=O. The molecular formula is C10H13ClN3O14P3. The van der Waals surface area contributed by atoms with Crippen LogP contribution < -0.4 is 11.2 Å². The largest absolute Gasteiger partial charge is 0.490 e. The number of phosphoric ester groups is 1. The monoisotopic (exact) mass is 527 g/mol. The third-order valence-corrected chi connectivity index (χ3v) is 7.77. The zero-order valence-corrected chi connectivity index (χ0v) is 18.1. The predicted octanol–water partition coefficient (Wildman–Crippen LogP) is -1.86. The fourth-order valence-electron chi connectivity index (χ4n) is 2.28. The van der Waals surface area contributed by atoms with Gasteiger partial charge in [-0.05, 0) is 0 Å². The summed E-state index contributed by atoms with van der Waals surface area (Å²) >= 11 is 6.13. The van der Waals surface area contributed by atoms with Crippen LogP contribution >= 0.6 is 35.1 Å². The van der Waals surface area contributed by atoms with E-state index in [1.807, 2.05) is 10.9 Å². The summed E-state index contributed by atoms with van der Waals surface area (Å²) in [4.78, 5) is 58.2. The van der Waals surface area contributed by atoms with Crippen molar-refractivity contribution in [3.8, 4) is 12.3 Å². The number of aromatic amines is 1. The van der Waals surface area contributed by atoms with E-state index >= 15 is 0 Å². The van der Waals surface area contributed by atoms with Crippen LogP contribution in [0.1, 0.15) is 6.23 Å². The number of H-pyrrole nitrogens is 1. The van der Waals surface area contributed by atoms with Gasteiger partial charge in [-0.3, -0.25) is 14.3 Å². The minimum Gasteiger partial charge on any atom is -0.387 e. The lowest BCUT2D eigenvalue weighted by atomic mass is 10.00. The Morgan fingerprint density at radius 1 is 1.26 bits per heavy atom. The van der Waals surface area contributed by atoms with Crippen molar-refractivity contribution in [2.45, 2.75) is 23.3 Å². The fraction of sp³-hybridized carbons (Fsp3) is 0.500. The Hall–Kier alpha value is -1.21. The molecule has 0 radical (unpaired) electrons. The highest BCUT2D eigenvalue weighted by Crippen LogP contribution is 2.66. The number of hydrogen-bond donors (Lipinski definition) is 6. The van der Waals surface area contributed by atoms with Gasteiger partial charge in [-0.2, -0.15) is 18.4 Å². The molecule has 0 amide bonds. The van der Waals surface area contributed by atoms with Crippen LogP contribution in [0.4, 0.5) is 0 Å². The Balaban J connectivity index is 2.19. The van der Waals surface area contributed by atoms with Crippen LogP contribution in [-0.4, -0.2) is 63.1 Å². The first kappa shape index (κ1) is 26.0. The molecule has 0 bridgehead atoms. The lowest BCUT2D eigenvalue weighted by Crippen LogP contribution is -2.45. The number of nitrogens with zero attached hydrogens (tertiary/aromatic N) is 2. The number of ether oxygens (including phenoxy) is 1. The van der Waals surface area contributed by atoms with Crippen LogP contribution in [0.15, 0.2) is 15.8 Å². The Morgan fingerprint density at radius 3 is 2.39 bits per heavy atom. The summed E-state index contributed by atoms with van der Waals surface area (Å²) < 4.78 is 50.8. The van der Waals surface area contributed by atoms with Crippen LogP contribution in [0.5, 0.6) is 0 Å². The summed E-state index contributed by atoms with van der Waals surface area (Å²) in [7, 11) is -16.9. The molecule has 1 aromatic rings. The minimum atomic E-state index is -5.77. The summed E-state index contributed by atoms with van der Waals surface area (Å²) in [6.45, 7) is -1.10. The van der Waals surface area contributed by atoms with Gasteiger partial charge in [-0.15, -0.1) is 6.42 Å². The van der Waals surface area contributed by atoms with Gasteiger partial charge in [0, 0.05) is 0 Å². The molecule has 1 aromatic heterocycles. The number of aliphatic hydroxyl groups is 1. The van der Waals surface area contributed by atoms with E-state index in [4.69, 9.17) is 37.4 Å². The highest BCUT2D eigenvalue weighted by molar-refractivity contribution is 7.66. The molecular weight excluding hydrogens is 514 g/mol. The van der Waals surface area contributed by atoms with Gasteiger partial charge in [-0.1, -0.05) is 17.5 Å². The molecule has 0 spiro atoms. The molecule has 1 fully saturated rings. The zero-order valence-electron chi connectivity index (χ0n) is 14.6. The smallest absolute Gasteiger partial charge is 0.387 e. The summed E-state index contributed by atoms with van der Waals surface area (Å²) in [6, 6.07) is 0. The Morgan fingerprint density at radius 2 is 1.87 bits per heavy atom. The van der Waals surface area contributed by atoms with Crippen LogP contribution in [0.25, 0.3) is 0 Å². The van der Waals surface area contributed by atoms with Crippen molar-refractivity contribution < 1.29 is 56.3 Å². The van der Waals surface area contributed by atoms with Crippen molar-refractivity contribution >= 4 is 35.1 Å². The Labute approximate surface area is 176 Å². The van der Waals surface area contributed by atoms with Gasteiger partial charge >= 0.3 is 29.2 Å². The number of nitrogens with one attached hydrogen (secondary N) is 1. The molecule has 1 aliphatic heterocycles. The number of alkyl halides is 1. The standard InChI is InChI=1S/C10H13ClN3O14P3/c1-2-10(11)7(16)5(26-8(10)14-9(17)13-6(15)3-12-14)4-25-30(21,22)28-31(23,24)27-29(18,19)20/h1,3,5,7-8,16H,4H2,(H,21,22)(H,23,24)(H,13,15,17)(H2,18,19,20)/t5-,7+,8-,10?/m1/s1. The van der Waals surface area contributed by atoms with E-state index in [1.54, 1.807) is 0 Å². The van der Waals surface area contributed by atoms with Crippen LogP contribution in [-0.2, 0) is 31.6 Å². The van der Waals surface area contributed by atoms with Gasteiger partial charge in [0.15, 0.2) is 11.1 Å². The fourth-order valence-corrected chi connectivity index (χ4v) is 5.59. The first-order valence-electron chi connectivity index (χ1n) is 7.46. The molecule has 2 rings (SSSR count). The second-order valence-electron chi connectivity index (χ2n) is 5.65. The Bertz CT molecular complexity index is 1140. The molecule has 6 atom stereocenters. The molecule has 0 aliphatic carbocycles. The number of phosphoric acid groups is 3. The number of aliphatic hydroxyl groups excluding tert-OH is 1. The molecule has 1 saturated heterocycles. The molecule has 3 unspecified atom stereocenters. The van der Waals surface area contributed by atoms with Crippen LogP contribution in [0.2, 0.25) is 0 Å². The highest BCUT2D eigenvalue weighted by atomic mass is 35.5. The summed E-state index contributed by atoms with van der Waals surface area (Å²) in [5.41, 5.74) is -2.00. The topological polar surface area (TPSA) is 257 Å². The summed E-state index contributed by atoms with van der Waals surface area (Å²) in [5.74, 6) is 1.96. The van der Waals surface area contributed by atoms with E-state index in [9.17, 15) is 33.3 Å². The third-order valence-electron chi connectivity index (χ3n) is 3.44. The number of rotatable bonds is 8. The molecule has 0 saturated carbocycles. The van der Waals surface area contributed by atoms with Crippen LogP contribution in [0, 0.1) is 12.3 Å². The van der Waals surface area contributed by atoms with Crippen molar-refractivity contribution in [3.63, 3.8) is 0 Å². The number of halogens is 1. The van der Waals surface area contributed by atoms with Crippen molar-refractivity contribution in [2.75, 3.05) is 6.61 Å². The van der Waals surface area contributed by atoms with Crippen molar-refractivity contribution in [1.82, 2.24) is 14.8 Å². The summed E-state index contributed by atoms with van der Waals surface area (Å²) in [6.07, 6.45) is 0.687. The molecule has 1 aliphatic rings. The molecule has 6 N–H and O–H groups in total. The average Bonchev–Trinajstić information content (AvgIpc) is 2.82. The molecule has 0 aromatic carbocycles. The molecule has 174 valence electrons. The first-order chi connectivity index (χ1) is 14.0. The van der Waals surface area contributed by atoms with Gasteiger partial charge in [0.2, 0.25) is 0 Å². The van der Waals surface area contributed by atoms with E-state index in [-0.39, 0.29) is 0 Å². The second-order valence-corrected chi connectivity index (χ2v) is 10.7. The van der Waals surface area contributed by atoms with Gasteiger partial charge in [0.1, 0.15) is 18.4 Å². The normalized spacial score (nSPS) is 30.3. The highest BCUT2D eigenvalue weighted by Gasteiger charge is 2.57. The molecule has 2 heterocycles. The maximum absolute atomic E-state index is 11.9. The predicted molar refractivity (Wildman–Crippen MR) is 96.3 cm³/mol. The lowest BCUT2D eigenvalue weighted by molar-refractivity contribution is -0.0504. The van der Waals surface area contributed by atoms with Crippen LogP contribution in [0.3, 0.4) is 0 Å².